The summed E-state index contributed by atoms with van der Waals surface area (Å²) in [4.78, 5) is 23.9. The predicted molar refractivity (Wildman–Crippen MR) is 51.3 cm³/mol. The minimum Gasteiger partial charge on any atom is -0.481 e. The number of likely N-dealkylation sites (tertiary alicyclic amines) is 1. The SMILES string of the molecule is C=CCOC(=O)N1CC[C@@]2(C(=O)O)C[C@@H]12. The lowest BCUT2D eigenvalue weighted by molar-refractivity contribution is -0.143. The van der Waals surface area contributed by atoms with E-state index in [1.807, 2.05) is 0 Å². The molecule has 1 heterocycles. The minimum absolute atomic E-state index is 0.160. The summed E-state index contributed by atoms with van der Waals surface area (Å²) < 4.78 is 4.87. The van der Waals surface area contributed by atoms with Gasteiger partial charge >= 0.3 is 12.1 Å². The largest absolute Gasteiger partial charge is 0.481 e. The van der Waals surface area contributed by atoms with E-state index in [2.05, 4.69) is 6.58 Å². The van der Waals surface area contributed by atoms with Gasteiger partial charge in [-0.05, 0) is 12.8 Å². The van der Waals surface area contributed by atoms with Gasteiger partial charge in [-0.2, -0.15) is 0 Å². The van der Waals surface area contributed by atoms with E-state index in [9.17, 15) is 9.59 Å². The fourth-order valence-corrected chi connectivity index (χ4v) is 2.21. The van der Waals surface area contributed by atoms with Crippen LogP contribution in [0, 0.1) is 5.41 Å². The van der Waals surface area contributed by atoms with Crippen LogP contribution in [0.2, 0.25) is 0 Å². The Morgan fingerprint density at radius 2 is 2.40 bits per heavy atom. The summed E-state index contributed by atoms with van der Waals surface area (Å²) in [5, 5.41) is 8.99. The van der Waals surface area contributed by atoms with Crippen molar-refractivity contribution in [2.75, 3.05) is 13.2 Å². The fourth-order valence-electron chi connectivity index (χ4n) is 2.21. The zero-order valence-electron chi connectivity index (χ0n) is 8.31. The van der Waals surface area contributed by atoms with Crippen LogP contribution in [0.1, 0.15) is 12.8 Å². The molecule has 15 heavy (non-hydrogen) atoms. The molecule has 0 unspecified atom stereocenters. The molecule has 1 saturated heterocycles. The molecule has 0 aromatic heterocycles. The summed E-state index contributed by atoms with van der Waals surface area (Å²) in [6.07, 6.45) is 2.16. The van der Waals surface area contributed by atoms with Crippen molar-refractivity contribution < 1.29 is 19.4 Å². The molecule has 5 nitrogen and oxygen atoms in total. The molecule has 2 fully saturated rings. The molecule has 0 bridgehead atoms. The average Bonchev–Trinajstić information content (AvgIpc) is 2.83. The molecule has 5 heteroatoms. The molecule has 2 aliphatic rings. The van der Waals surface area contributed by atoms with Gasteiger partial charge in [-0.15, -0.1) is 0 Å². The highest BCUT2D eigenvalue weighted by Crippen LogP contribution is 2.57. The first-order valence-electron chi connectivity index (χ1n) is 4.89. The number of hydrogen-bond donors (Lipinski definition) is 1. The van der Waals surface area contributed by atoms with E-state index in [1.165, 1.54) is 11.0 Å². The van der Waals surface area contributed by atoms with Gasteiger partial charge < -0.3 is 14.7 Å². The molecule has 0 spiro atoms. The molecule has 1 aliphatic heterocycles. The van der Waals surface area contributed by atoms with Gasteiger partial charge in [-0.1, -0.05) is 12.7 Å². The molecule has 0 aromatic carbocycles. The number of piperidine rings is 1. The third-order valence-electron chi connectivity index (χ3n) is 3.20. The molecular formula is C10H13NO4. The molecular weight excluding hydrogens is 198 g/mol. The smallest absolute Gasteiger partial charge is 0.410 e. The number of aliphatic carboxylic acids is 1. The van der Waals surface area contributed by atoms with Crippen LogP contribution in [-0.4, -0.2) is 41.3 Å². The highest BCUT2D eigenvalue weighted by Gasteiger charge is 2.68. The van der Waals surface area contributed by atoms with Crippen molar-refractivity contribution in [3.63, 3.8) is 0 Å². The number of hydrogen-bond acceptors (Lipinski definition) is 3. The maximum atomic E-state index is 11.5. The molecule has 1 aliphatic carbocycles. The summed E-state index contributed by atoms with van der Waals surface area (Å²) in [6, 6.07) is -0.160. The molecule has 82 valence electrons. The van der Waals surface area contributed by atoms with E-state index in [0.29, 0.717) is 19.4 Å². The van der Waals surface area contributed by atoms with Crippen LogP contribution in [-0.2, 0) is 9.53 Å². The Labute approximate surface area is 87.3 Å². The second-order valence-corrected chi connectivity index (χ2v) is 3.99. The standard InChI is InChI=1S/C10H13NO4/c1-2-5-15-9(14)11-4-3-10(8(12)13)6-7(10)11/h2,7H,1,3-6H2,(H,12,13)/t7-,10-/m1/s1. The topological polar surface area (TPSA) is 66.8 Å². The zero-order valence-corrected chi connectivity index (χ0v) is 8.31. The Balaban J connectivity index is 1.96. The maximum Gasteiger partial charge on any atom is 0.410 e. The Kier molecular flexibility index (Phi) is 2.17. The number of fused-ring (bicyclic) bond motifs is 1. The van der Waals surface area contributed by atoms with Crippen molar-refractivity contribution in [2.45, 2.75) is 18.9 Å². The van der Waals surface area contributed by atoms with E-state index >= 15 is 0 Å². The number of amides is 1. The van der Waals surface area contributed by atoms with Crippen molar-refractivity contribution in [1.82, 2.24) is 4.90 Å². The Bertz CT molecular complexity index is 327. The second kappa shape index (κ2) is 3.25. The van der Waals surface area contributed by atoms with Crippen LogP contribution in [0.4, 0.5) is 4.79 Å². The van der Waals surface area contributed by atoms with Crippen LogP contribution in [0.25, 0.3) is 0 Å². The summed E-state index contributed by atoms with van der Waals surface area (Å²) in [5.74, 6) is -0.800. The third-order valence-corrected chi connectivity index (χ3v) is 3.20. The summed E-state index contributed by atoms with van der Waals surface area (Å²) in [5.41, 5.74) is -0.673. The first-order valence-corrected chi connectivity index (χ1v) is 4.89. The summed E-state index contributed by atoms with van der Waals surface area (Å²) in [6.45, 7) is 4.09. The van der Waals surface area contributed by atoms with Crippen molar-refractivity contribution in [2.24, 2.45) is 5.41 Å². The van der Waals surface area contributed by atoms with Gasteiger partial charge in [0.25, 0.3) is 0 Å². The van der Waals surface area contributed by atoms with Crippen LogP contribution < -0.4 is 0 Å². The molecule has 1 N–H and O–H groups in total. The number of ether oxygens (including phenoxy) is 1. The summed E-state index contributed by atoms with van der Waals surface area (Å²) in [7, 11) is 0. The maximum absolute atomic E-state index is 11.5. The van der Waals surface area contributed by atoms with Gasteiger partial charge in [0.15, 0.2) is 0 Å². The predicted octanol–water partition coefficient (Wildman–Crippen LogP) is 0.858. The van der Waals surface area contributed by atoms with E-state index in [0.717, 1.165) is 0 Å². The van der Waals surface area contributed by atoms with E-state index in [1.54, 1.807) is 0 Å². The average molecular weight is 211 g/mol. The van der Waals surface area contributed by atoms with Gasteiger partial charge in [0.1, 0.15) is 6.61 Å². The van der Waals surface area contributed by atoms with Gasteiger partial charge in [-0.25, -0.2) is 4.79 Å². The van der Waals surface area contributed by atoms with Crippen molar-refractivity contribution in [1.29, 1.82) is 0 Å². The lowest BCUT2D eigenvalue weighted by atomic mass is 10.1. The number of carbonyl (C=O) groups excluding carboxylic acids is 1. The molecule has 2 atom stereocenters. The number of nitrogens with zero attached hydrogens (tertiary/aromatic N) is 1. The van der Waals surface area contributed by atoms with Crippen LogP contribution in [0.5, 0.6) is 0 Å². The first kappa shape index (κ1) is 10.0. The van der Waals surface area contributed by atoms with Gasteiger partial charge in [0.05, 0.1) is 11.5 Å². The minimum atomic E-state index is -0.800. The fraction of sp³-hybridized carbons (Fsp3) is 0.600. The number of carboxylic acids is 1. The van der Waals surface area contributed by atoms with Crippen LogP contribution >= 0.6 is 0 Å². The summed E-state index contributed by atoms with van der Waals surface area (Å²) >= 11 is 0. The Morgan fingerprint density at radius 1 is 1.67 bits per heavy atom. The van der Waals surface area contributed by atoms with Crippen LogP contribution in [0.15, 0.2) is 12.7 Å². The van der Waals surface area contributed by atoms with E-state index < -0.39 is 17.5 Å². The lowest BCUT2D eigenvalue weighted by Crippen LogP contribution is -2.32. The number of carbonyl (C=O) groups is 2. The Morgan fingerprint density at radius 3 is 2.87 bits per heavy atom. The normalized spacial score (nSPS) is 32.0. The highest BCUT2D eigenvalue weighted by atomic mass is 16.6. The molecule has 1 amide bonds. The lowest BCUT2D eigenvalue weighted by Gasteiger charge is -2.16. The highest BCUT2D eigenvalue weighted by molar-refractivity contribution is 5.83. The third kappa shape index (κ3) is 1.38. The van der Waals surface area contributed by atoms with Crippen molar-refractivity contribution in [3.8, 4) is 0 Å². The quantitative estimate of drug-likeness (QED) is 0.703. The first-order chi connectivity index (χ1) is 7.12. The molecule has 0 radical (unpaired) electrons. The molecule has 1 saturated carbocycles. The van der Waals surface area contributed by atoms with E-state index in [-0.39, 0.29) is 12.6 Å². The number of rotatable bonds is 3. The van der Waals surface area contributed by atoms with Crippen molar-refractivity contribution in [3.05, 3.63) is 12.7 Å². The van der Waals surface area contributed by atoms with Gasteiger partial charge in [0, 0.05) is 6.54 Å². The second-order valence-electron chi connectivity index (χ2n) is 3.99. The van der Waals surface area contributed by atoms with Crippen molar-refractivity contribution >= 4 is 12.1 Å². The number of carboxylic acid groups (broad SMARTS) is 1. The molecule has 2 rings (SSSR count). The van der Waals surface area contributed by atoms with Gasteiger partial charge in [0.2, 0.25) is 0 Å². The monoisotopic (exact) mass is 211 g/mol. The molecule has 0 aromatic rings. The Hall–Kier alpha value is -1.52. The zero-order chi connectivity index (χ0) is 11.1. The van der Waals surface area contributed by atoms with E-state index in [4.69, 9.17) is 9.84 Å². The van der Waals surface area contributed by atoms with Crippen LogP contribution in [0.3, 0.4) is 0 Å². The van der Waals surface area contributed by atoms with Gasteiger partial charge in [-0.3, -0.25) is 4.79 Å².